The van der Waals surface area contributed by atoms with Crippen LogP contribution in [-0.4, -0.2) is 9.97 Å². The van der Waals surface area contributed by atoms with Gasteiger partial charge >= 0.3 is 0 Å². The van der Waals surface area contributed by atoms with Crippen LogP contribution in [0.2, 0.25) is 0 Å². The molecule has 0 saturated carbocycles. The molecule has 0 radical (unpaired) electrons. The number of benzene rings is 1. The minimum absolute atomic E-state index is 0.969. The van der Waals surface area contributed by atoms with Crippen LogP contribution >= 0.6 is 0 Å². The Hall–Kier alpha value is -2.74. The predicted molar refractivity (Wildman–Crippen MR) is 85.6 cm³/mol. The van der Waals surface area contributed by atoms with Crippen molar-refractivity contribution in [1.82, 2.24) is 9.97 Å². The lowest BCUT2D eigenvalue weighted by Gasteiger charge is -2.03. The second-order valence-electron chi connectivity index (χ2n) is 5.26. The lowest BCUT2D eigenvalue weighted by atomic mass is 10.0. The van der Waals surface area contributed by atoms with Crippen molar-refractivity contribution in [2.24, 2.45) is 0 Å². The smallest absolute Gasteiger partial charge is 0.0786 e. The van der Waals surface area contributed by atoms with Gasteiger partial charge in [0.15, 0.2) is 0 Å². The normalized spacial score (nSPS) is 14.0. The fraction of sp³-hybridized carbons (Fsp3) is 0.0526. The van der Waals surface area contributed by atoms with E-state index in [1.54, 1.807) is 0 Å². The third-order valence-electron chi connectivity index (χ3n) is 3.80. The van der Waals surface area contributed by atoms with E-state index < -0.39 is 0 Å². The lowest BCUT2D eigenvalue weighted by molar-refractivity contribution is 1.29. The molecule has 2 nitrogen and oxygen atoms in total. The van der Waals surface area contributed by atoms with E-state index in [-0.39, 0.29) is 0 Å². The molecule has 1 aliphatic rings. The first-order valence-corrected chi connectivity index (χ1v) is 7.02. The fourth-order valence-corrected chi connectivity index (χ4v) is 2.83. The number of rotatable bonds is 1. The van der Waals surface area contributed by atoms with Crippen LogP contribution in [0.3, 0.4) is 0 Å². The minimum Gasteiger partial charge on any atom is -0.257 e. The Kier molecular flexibility index (Phi) is 2.68. The first kappa shape index (κ1) is 12.0. The van der Waals surface area contributed by atoms with Gasteiger partial charge in [0.05, 0.1) is 11.4 Å². The van der Waals surface area contributed by atoms with Gasteiger partial charge in [-0.2, -0.15) is 0 Å². The van der Waals surface area contributed by atoms with Crippen LogP contribution in [-0.2, 0) is 0 Å². The minimum atomic E-state index is 0.969. The van der Waals surface area contributed by atoms with Crippen molar-refractivity contribution in [3.8, 4) is 11.3 Å². The predicted octanol–water partition coefficient (Wildman–Crippen LogP) is 4.35. The van der Waals surface area contributed by atoms with E-state index in [1.807, 2.05) is 36.7 Å². The summed E-state index contributed by atoms with van der Waals surface area (Å²) in [4.78, 5) is 8.97. The van der Waals surface area contributed by atoms with Gasteiger partial charge in [-0.1, -0.05) is 35.9 Å². The quantitative estimate of drug-likeness (QED) is 0.514. The lowest BCUT2D eigenvalue weighted by Crippen LogP contribution is -1.85. The third kappa shape index (κ3) is 1.96. The topological polar surface area (TPSA) is 25.8 Å². The summed E-state index contributed by atoms with van der Waals surface area (Å²) in [5.74, 6) is 0. The maximum Gasteiger partial charge on any atom is 0.0786 e. The van der Waals surface area contributed by atoms with Crippen LogP contribution in [0.5, 0.6) is 0 Å². The monoisotopic (exact) mass is 270 g/mol. The molecule has 2 aromatic heterocycles. The summed E-state index contributed by atoms with van der Waals surface area (Å²) in [5.41, 5.74) is 8.13. The van der Waals surface area contributed by atoms with Crippen LogP contribution in [0.1, 0.15) is 22.4 Å². The van der Waals surface area contributed by atoms with Crippen molar-refractivity contribution in [3.05, 3.63) is 83.3 Å². The molecular weight excluding hydrogens is 256 g/mol. The summed E-state index contributed by atoms with van der Waals surface area (Å²) >= 11 is 0. The number of hydrogen-bond acceptors (Lipinski definition) is 2. The molecule has 1 aromatic carbocycles. The van der Waals surface area contributed by atoms with E-state index in [4.69, 9.17) is 0 Å². The molecule has 4 rings (SSSR count). The van der Waals surface area contributed by atoms with E-state index in [0.717, 1.165) is 11.4 Å². The zero-order chi connectivity index (χ0) is 14.2. The SMILES string of the molecule is Cc1ccc2c(c1)/C(=C/c1ccccn1)c1cccnc1-2. The summed E-state index contributed by atoms with van der Waals surface area (Å²) in [6.45, 7) is 2.12. The summed E-state index contributed by atoms with van der Waals surface area (Å²) in [6, 6.07) is 16.6. The summed E-state index contributed by atoms with van der Waals surface area (Å²) < 4.78 is 0. The van der Waals surface area contributed by atoms with Gasteiger partial charge in [-0.25, -0.2) is 0 Å². The van der Waals surface area contributed by atoms with Gasteiger partial charge in [0.2, 0.25) is 0 Å². The van der Waals surface area contributed by atoms with Crippen molar-refractivity contribution in [2.45, 2.75) is 6.92 Å². The molecule has 0 spiro atoms. The maximum atomic E-state index is 4.56. The van der Waals surface area contributed by atoms with E-state index in [9.17, 15) is 0 Å². The van der Waals surface area contributed by atoms with E-state index in [0.29, 0.717) is 0 Å². The molecule has 0 N–H and O–H groups in total. The van der Waals surface area contributed by atoms with Crippen LogP contribution in [0, 0.1) is 6.92 Å². The van der Waals surface area contributed by atoms with E-state index in [1.165, 1.54) is 27.8 Å². The van der Waals surface area contributed by atoms with Gasteiger partial charge in [0.1, 0.15) is 0 Å². The highest BCUT2D eigenvalue weighted by molar-refractivity contribution is 6.05. The molecule has 2 heteroatoms. The molecule has 2 heterocycles. The van der Waals surface area contributed by atoms with Crippen LogP contribution in [0.4, 0.5) is 0 Å². The van der Waals surface area contributed by atoms with Gasteiger partial charge in [-0.3, -0.25) is 9.97 Å². The van der Waals surface area contributed by atoms with Gasteiger partial charge in [0.25, 0.3) is 0 Å². The molecule has 0 bridgehead atoms. The Morgan fingerprint density at radius 1 is 0.810 bits per heavy atom. The molecule has 0 atom stereocenters. The Morgan fingerprint density at radius 3 is 2.57 bits per heavy atom. The van der Waals surface area contributed by atoms with Gasteiger partial charge in [0, 0.05) is 23.5 Å². The molecule has 100 valence electrons. The van der Waals surface area contributed by atoms with E-state index in [2.05, 4.69) is 47.2 Å². The molecule has 1 aliphatic carbocycles. The highest BCUT2D eigenvalue weighted by Gasteiger charge is 2.24. The maximum absolute atomic E-state index is 4.56. The number of nitrogens with zero attached hydrogens (tertiary/aromatic N) is 2. The zero-order valence-electron chi connectivity index (χ0n) is 11.7. The summed E-state index contributed by atoms with van der Waals surface area (Å²) in [5, 5.41) is 0. The number of pyridine rings is 2. The van der Waals surface area contributed by atoms with Gasteiger partial charge in [-0.15, -0.1) is 0 Å². The Morgan fingerprint density at radius 2 is 1.71 bits per heavy atom. The third-order valence-corrected chi connectivity index (χ3v) is 3.80. The van der Waals surface area contributed by atoms with E-state index >= 15 is 0 Å². The van der Waals surface area contributed by atoms with Crippen molar-refractivity contribution >= 4 is 11.6 Å². The van der Waals surface area contributed by atoms with Crippen molar-refractivity contribution in [1.29, 1.82) is 0 Å². The first-order chi connectivity index (χ1) is 10.3. The Bertz CT molecular complexity index is 848. The van der Waals surface area contributed by atoms with Crippen LogP contribution in [0.25, 0.3) is 22.9 Å². The molecule has 0 amide bonds. The molecule has 3 aromatic rings. The average molecular weight is 270 g/mol. The van der Waals surface area contributed by atoms with Gasteiger partial charge < -0.3 is 0 Å². The van der Waals surface area contributed by atoms with Crippen molar-refractivity contribution in [2.75, 3.05) is 0 Å². The Labute approximate surface area is 123 Å². The Balaban J connectivity index is 1.99. The molecule has 0 saturated heterocycles. The second kappa shape index (κ2) is 4.67. The summed E-state index contributed by atoms with van der Waals surface area (Å²) in [7, 11) is 0. The standard InChI is InChI=1S/C19H14N2/c1-13-7-8-16-17(11-13)18(12-14-5-2-3-9-20-14)15-6-4-10-21-19(15)16/h2-12H,1H3/b18-12+. The molecule has 0 aliphatic heterocycles. The first-order valence-electron chi connectivity index (χ1n) is 7.02. The zero-order valence-corrected chi connectivity index (χ0v) is 11.7. The van der Waals surface area contributed by atoms with Crippen molar-refractivity contribution in [3.63, 3.8) is 0 Å². The molecular formula is C19H14N2. The number of aryl methyl sites for hydroxylation is 1. The highest BCUT2D eigenvalue weighted by Crippen LogP contribution is 2.43. The average Bonchev–Trinajstić information content (AvgIpc) is 2.82. The van der Waals surface area contributed by atoms with Gasteiger partial charge in [-0.05, 0) is 42.3 Å². The molecule has 21 heavy (non-hydrogen) atoms. The largest absolute Gasteiger partial charge is 0.257 e. The number of hydrogen-bond donors (Lipinski definition) is 0. The number of fused-ring (bicyclic) bond motifs is 3. The molecule has 0 fully saturated rings. The van der Waals surface area contributed by atoms with Crippen LogP contribution < -0.4 is 0 Å². The summed E-state index contributed by atoms with van der Waals surface area (Å²) in [6.07, 6.45) is 5.82. The fourth-order valence-electron chi connectivity index (χ4n) is 2.83. The second-order valence-corrected chi connectivity index (χ2v) is 5.26. The van der Waals surface area contributed by atoms with Crippen molar-refractivity contribution < 1.29 is 0 Å². The highest BCUT2D eigenvalue weighted by atomic mass is 14.7. The number of aromatic nitrogens is 2. The molecule has 0 unspecified atom stereocenters. The van der Waals surface area contributed by atoms with Crippen LogP contribution in [0.15, 0.2) is 60.9 Å².